The van der Waals surface area contributed by atoms with Gasteiger partial charge >= 0.3 is 5.97 Å². The third kappa shape index (κ3) is 4.59. The van der Waals surface area contributed by atoms with Crippen LogP contribution in [-0.2, 0) is 9.59 Å². The van der Waals surface area contributed by atoms with Crippen molar-refractivity contribution in [3.05, 3.63) is 64.9 Å². The molecule has 0 bridgehead atoms. The van der Waals surface area contributed by atoms with E-state index in [1.165, 1.54) is 27.8 Å². The number of carboxylic acids is 1. The molecule has 0 radical (unpaired) electrons. The zero-order valence-corrected chi connectivity index (χ0v) is 17.0. The summed E-state index contributed by atoms with van der Waals surface area (Å²) in [4.78, 5) is 29.2. The minimum absolute atomic E-state index is 0.0106. The topological polar surface area (TPSA) is 60.9 Å². The minimum Gasteiger partial charge on any atom is -0.481 e. The molecule has 1 amide bonds. The second-order valence-corrected chi connectivity index (χ2v) is 8.39. The molecule has 29 heavy (non-hydrogen) atoms. The van der Waals surface area contributed by atoms with Crippen LogP contribution >= 0.6 is 11.3 Å². The van der Waals surface area contributed by atoms with Gasteiger partial charge in [0.25, 0.3) is 0 Å². The fraction of sp³-hybridized carbons (Fsp3) is 0.304. The average molecular weight is 409 g/mol. The number of anilines is 1. The van der Waals surface area contributed by atoms with Crippen LogP contribution in [0.5, 0.6) is 0 Å². The van der Waals surface area contributed by atoms with E-state index in [2.05, 4.69) is 35.2 Å². The summed E-state index contributed by atoms with van der Waals surface area (Å²) in [5.74, 6) is -1.07. The Morgan fingerprint density at radius 3 is 2.38 bits per heavy atom. The van der Waals surface area contributed by atoms with Gasteiger partial charge in [-0.25, -0.2) is 0 Å². The second kappa shape index (κ2) is 8.66. The molecule has 150 valence electrons. The van der Waals surface area contributed by atoms with E-state index in [9.17, 15) is 14.7 Å². The highest BCUT2D eigenvalue weighted by Crippen LogP contribution is 2.29. The van der Waals surface area contributed by atoms with Crippen molar-refractivity contribution >= 4 is 39.7 Å². The van der Waals surface area contributed by atoms with Gasteiger partial charge in [-0.1, -0.05) is 36.4 Å². The summed E-state index contributed by atoms with van der Waals surface area (Å²) >= 11 is 1.52. The third-order valence-corrected chi connectivity index (χ3v) is 6.55. The lowest BCUT2D eigenvalue weighted by molar-refractivity contribution is -0.138. The van der Waals surface area contributed by atoms with Crippen LogP contribution < -0.4 is 4.90 Å². The monoisotopic (exact) mass is 408 g/mol. The minimum atomic E-state index is -0.864. The van der Waals surface area contributed by atoms with Crippen LogP contribution in [0.15, 0.2) is 60.0 Å². The molecule has 1 aliphatic heterocycles. The number of benzene rings is 2. The number of piperazine rings is 1. The van der Waals surface area contributed by atoms with Crippen LogP contribution in [0.4, 0.5) is 5.69 Å². The number of hydrogen-bond donors (Lipinski definition) is 1. The van der Waals surface area contributed by atoms with Gasteiger partial charge in [-0.3, -0.25) is 9.59 Å². The molecule has 0 saturated carbocycles. The zero-order valence-electron chi connectivity index (χ0n) is 16.2. The van der Waals surface area contributed by atoms with Crippen molar-refractivity contribution in [1.29, 1.82) is 0 Å². The molecule has 6 heteroatoms. The van der Waals surface area contributed by atoms with E-state index in [-0.39, 0.29) is 24.7 Å². The van der Waals surface area contributed by atoms with E-state index in [0.29, 0.717) is 13.1 Å². The molecule has 1 aliphatic rings. The average Bonchev–Trinajstić information content (AvgIpc) is 3.27. The van der Waals surface area contributed by atoms with Gasteiger partial charge in [0.05, 0.1) is 6.42 Å². The Morgan fingerprint density at radius 2 is 1.69 bits per heavy atom. The summed E-state index contributed by atoms with van der Waals surface area (Å²) in [6.45, 7) is 2.89. The number of rotatable bonds is 6. The first-order chi connectivity index (χ1) is 14.1. The van der Waals surface area contributed by atoms with Gasteiger partial charge in [0.2, 0.25) is 5.91 Å². The summed E-state index contributed by atoms with van der Waals surface area (Å²) in [6.07, 6.45) is 0.242. The van der Waals surface area contributed by atoms with E-state index in [4.69, 9.17) is 0 Å². The van der Waals surface area contributed by atoms with E-state index in [1.807, 2.05) is 34.5 Å². The highest BCUT2D eigenvalue weighted by molar-refractivity contribution is 7.10. The summed E-state index contributed by atoms with van der Waals surface area (Å²) in [7, 11) is 0. The normalized spacial score (nSPS) is 15.4. The van der Waals surface area contributed by atoms with Crippen LogP contribution in [0.25, 0.3) is 10.8 Å². The molecule has 2 aromatic carbocycles. The Labute approximate surface area is 174 Å². The summed E-state index contributed by atoms with van der Waals surface area (Å²) in [5.41, 5.74) is 1.18. The van der Waals surface area contributed by atoms with Crippen LogP contribution in [0.3, 0.4) is 0 Å². The van der Waals surface area contributed by atoms with Gasteiger partial charge in [-0.05, 0) is 34.4 Å². The quantitative estimate of drug-likeness (QED) is 0.664. The lowest BCUT2D eigenvalue weighted by Gasteiger charge is -2.36. The van der Waals surface area contributed by atoms with Crippen molar-refractivity contribution < 1.29 is 14.7 Å². The van der Waals surface area contributed by atoms with Gasteiger partial charge in [0.15, 0.2) is 0 Å². The highest BCUT2D eigenvalue weighted by atomic mass is 32.1. The number of carboxylic acid groups (broad SMARTS) is 1. The number of carbonyl (C=O) groups is 2. The number of hydrogen-bond acceptors (Lipinski definition) is 4. The third-order valence-electron chi connectivity index (χ3n) is 5.52. The Kier molecular flexibility index (Phi) is 5.81. The number of fused-ring (bicyclic) bond motifs is 1. The fourth-order valence-corrected chi connectivity index (χ4v) is 4.77. The number of thiophene rings is 1. The molecule has 1 aromatic heterocycles. The first-order valence-electron chi connectivity index (χ1n) is 9.87. The zero-order chi connectivity index (χ0) is 20.2. The van der Waals surface area contributed by atoms with Crippen LogP contribution in [-0.4, -0.2) is 48.1 Å². The number of amides is 1. The number of aliphatic carboxylic acids is 1. The van der Waals surface area contributed by atoms with Crippen LogP contribution in [0.1, 0.15) is 23.6 Å². The first-order valence-corrected chi connectivity index (χ1v) is 10.7. The number of nitrogens with zero attached hydrogens (tertiary/aromatic N) is 2. The van der Waals surface area contributed by atoms with Crippen molar-refractivity contribution in [3.8, 4) is 0 Å². The van der Waals surface area contributed by atoms with E-state index in [1.54, 1.807) is 0 Å². The van der Waals surface area contributed by atoms with Crippen molar-refractivity contribution in [3.63, 3.8) is 0 Å². The maximum atomic E-state index is 12.8. The van der Waals surface area contributed by atoms with Gasteiger partial charge < -0.3 is 14.9 Å². The Morgan fingerprint density at radius 1 is 0.931 bits per heavy atom. The van der Waals surface area contributed by atoms with Crippen molar-refractivity contribution in [1.82, 2.24) is 4.90 Å². The lowest BCUT2D eigenvalue weighted by atomic mass is 9.98. The summed E-state index contributed by atoms with van der Waals surface area (Å²) in [6, 6.07) is 18.6. The molecule has 0 aliphatic carbocycles. The maximum Gasteiger partial charge on any atom is 0.304 e. The predicted molar refractivity (Wildman–Crippen MR) is 117 cm³/mol. The van der Waals surface area contributed by atoms with E-state index >= 15 is 0 Å². The van der Waals surface area contributed by atoms with Gasteiger partial charge in [0.1, 0.15) is 0 Å². The molecule has 2 heterocycles. The summed E-state index contributed by atoms with van der Waals surface area (Å²) < 4.78 is 0. The summed E-state index contributed by atoms with van der Waals surface area (Å²) in [5, 5.41) is 13.6. The largest absolute Gasteiger partial charge is 0.481 e. The molecule has 0 spiro atoms. The molecule has 1 atom stereocenters. The van der Waals surface area contributed by atoms with Crippen LogP contribution in [0.2, 0.25) is 0 Å². The molecule has 5 nitrogen and oxygen atoms in total. The Balaban J connectivity index is 1.38. The van der Waals surface area contributed by atoms with Crippen LogP contribution in [0, 0.1) is 0 Å². The van der Waals surface area contributed by atoms with E-state index in [0.717, 1.165) is 18.0 Å². The molecule has 1 N–H and O–H groups in total. The SMILES string of the molecule is O=C(O)CC(CC(=O)N1CCN(c2ccc3ccccc3c2)CC1)c1cccs1. The lowest BCUT2D eigenvalue weighted by Crippen LogP contribution is -2.49. The molecule has 1 fully saturated rings. The predicted octanol–water partition coefficient (Wildman–Crippen LogP) is 4.20. The molecule has 3 aromatic rings. The van der Waals surface area contributed by atoms with E-state index < -0.39 is 5.97 Å². The molecule has 1 saturated heterocycles. The highest BCUT2D eigenvalue weighted by Gasteiger charge is 2.26. The standard InChI is InChI=1S/C23H24N2O3S/c26-22(15-19(16-23(27)28)21-6-3-13-29-21)25-11-9-24(10-12-25)20-8-7-17-4-1-2-5-18(17)14-20/h1-8,13-14,19H,9-12,15-16H2,(H,27,28). The van der Waals surface area contributed by atoms with Gasteiger partial charge in [0, 0.05) is 49.1 Å². The first kappa shape index (κ1) is 19.5. The Hall–Kier alpha value is -2.86. The molecule has 1 unspecified atom stereocenters. The van der Waals surface area contributed by atoms with Gasteiger partial charge in [-0.2, -0.15) is 0 Å². The smallest absolute Gasteiger partial charge is 0.304 e. The molecular formula is C23H24N2O3S. The molecule has 4 rings (SSSR count). The number of carbonyl (C=O) groups excluding carboxylic acids is 1. The van der Waals surface area contributed by atoms with Crippen molar-refractivity contribution in [2.24, 2.45) is 0 Å². The van der Waals surface area contributed by atoms with Gasteiger partial charge in [-0.15, -0.1) is 11.3 Å². The maximum absolute atomic E-state index is 12.8. The Bertz CT molecular complexity index is 994. The van der Waals surface area contributed by atoms with Crippen molar-refractivity contribution in [2.45, 2.75) is 18.8 Å². The second-order valence-electron chi connectivity index (χ2n) is 7.41. The molecular weight excluding hydrogens is 384 g/mol. The van der Waals surface area contributed by atoms with Crippen molar-refractivity contribution in [2.75, 3.05) is 31.1 Å². The fourth-order valence-electron chi connectivity index (χ4n) is 3.94.